The van der Waals surface area contributed by atoms with Crippen LogP contribution in [0.2, 0.25) is 0 Å². The summed E-state index contributed by atoms with van der Waals surface area (Å²) in [5.74, 6) is 0.758. The zero-order valence-electron chi connectivity index (χ0n) is 9.34. The molecule has 0 aliphatic heterocycles. The highest BCUT2D eigenvalue weighted by Gasteiger charge is 2.06. The predicted octanol–water partition coefficient (Wildman–Crippen LogP) is 3.30. The summed E-state index contributed by atoms with van der Waals surface area (Å²) in [5, 5.41) is 0. The maximum atomic E-state index is 4.33. The molecule has 0 bridgehead atoms. The van der Waals surface area contributed by atoms with Crippen molar-refractivity contribution in [2.45, 2.75) is 0 Å². The number of nitrogens with one attached hydrogen (secondary N) is 1. The van der Waals surface area contributed by atoms with Crippen molar-refractivity contribution in [3.05, 3.63) is 53.5 Å². The van der Waals surface area contributed by atoms with Gasteiger partial charge in [0.1, 0.15) is 10.3 Å². The van der Waals surface area contributed by atoms with Crippen LogP contribution in [0, 0.1) is 0 Å². The van der Waals surface area contributed by atoms with Crippen LogP contribution in [0.25, 0.3) is 22.8 Å². The van der Waals surface area contributed by atoms with E-state index in [4.69, 9.17) is 0 Å². The molecule has 0 radical (unpaired) electrons. The van der Waals surface area contributed by atoms with Crippen LogP contribution in [-0.2, 0) is 0 Å². The minimum absolute atomic E-state index is 0.758. The van der Waals surface area contributed by atoms with Gasteiger partial charge in [-0.2, -0.15) is 0 Å². The standard InChI is InChI=1S/C13H9BrN4/c14-12-5-4-9(7-16-12)11-8-17-13(18-11)10-3-1-2-6-15-10/h1-8H,(H,17,18). The minimum atomic E-state index is 0.758. The highest BCUT2D eigenvalue weighted by atomic mass is 79.9. The van der Waals surface area contributed by atoms with Crippen molar-refractivity contribution in [2.24, 2.45) is 0 Å². The fourth-order valence-corrected chi connectivity index (χ4v) is 1.87. The van der Waals surface area contributed by atoms with Gasteiger partial charge in [0.05, 0.1) is 11.9 Å². The van der Waals surface area contributed by atoms with Gasteiger partial charge in [0.25, 0.3) is 0 Å². The molecule has 0 spiro atoms. The normalized spacial score (nSPS) is 10.5. The molecule has 0 aliphatic rings. The summed E-state index contributed by atoms with van der Waals surface area (Å²) in [5.41, 5.74) is 2.75. The summed E-state index contributed by atoms with van der Waals surface area (Å²) in [6.07, 6.45) is 5.33. The van der Waals surface area contributed by atoms with E-state index in [-0.39, 0.29) is 0 Å². The first-order chi connectivity index (χ1) is 8.83. The molecule has 88 valence electrons. The van der Waals surface area contributed by atoms with E-state index in [9.17, 15) is 0 Å². The van der Waals surface area contributed by atoms with Gasteiger partial charge in [0.15, 0.2) is 5.82 Å². The molecule has 3 aromatic heterocycles. The molecule has 18 heavy (non-hydrogen) atoms. The van der Waals surface area contributed by atoms with Crippen LogP contribution in [0.1, 0.15) is 0 Å². The van der Waals surface area contributed by atoms with Crippen molar-refractivity contribution < 1.29 is 0 Å². The Kier molecular flexibility index (Phi) is 2.90. The van der Waals surface area contributed by atoms with E-state index < -0.39 is 0 Å². The predicted molar refractivity (Wildman–Crippen MR) is 72.7 cm³/mol. The molecule has 0 aliphatic carbocycles. The van der Waals surface area contributed by atoms with Gasteiger partial charge in [0.2, 0.25) is 0 Å². The van der Waals surface area contributed by atoms with Crippen LogP contribution >= 0.6 is 15.9 Å². The first-order valence-electron chi connectivity index (χ1n) is 5.41. The van der Waals surface area contributed by atoms with Crippen molar-refractivity contribution in [2.75, 3.05) is 0 Å². The van der Waals surface area contributed by atoms with Crippen molar-refractivity contribution in [1.29, 1.82) is 0 Å². The Morgan fingerprint density at radius 2 is 1.89 bits per heavy atom. The van der Waals surface area contributed by atoms with Gasteiger partial charge in [-0.15, -0.1) is 0 Å². The largest absolute Gasteiger partial charge is 0.337 e. The zero-order valence-corrected chi connectivity index (χ0v) is 10.9. The van der Waals surface area contributed by atoms with Gasteiger partial charge < -0.3 is 4.98 Å². The Hall–Kier alpha value is -2.01. The van der Waals surface area contributed by atoms with Crippen LogP contribution in [-0.4, -0.2) is 19.9 Å². The van der Waals surface area contributed by atoms with Crippen LogP contribution in [0.5, 0.6) is 0 Å². The van der Waals surface area contributed by atoms with Gasteiger partial charge in [-0.1, -0.05) is 6.07 Å². The van der Waals surface area contributed by atoms with Gasteiger partial charge in [-0.3, -0.25) is 4.98 Å². The number of nitrogens with zero attached hydrogens (tertiary/aromatic N) is 3. The van der Waals surface area contributed by atoms with Crippen LogP contribution in [0.3, 0.4) is 0 Å². The van der Waals surface area contributed by atoms with E-state index in [1.165, 1.54) is 0 Å². The third-order valence-corrected chi connectivity index (χ3v) is 2.99. The Bertz CT molecular complexity index is 646. The van der Waals surface area contributed by atoms with E-state index in [1.54, 1.807) is 18.6 Å². The summed E-state index contributed by atoms with van der Waals surface area (Å²) in [6, 6.07) is 9.61. The third kappa shape index (κ3) is 2.17. The number of pyridine rings is 2. The molecule has 0 fully saturated rings. The molecule has 4 nitrogen and oxygen atoms in total. The first kappa shape index (κ1) is 11.1. The van der Waals surface area contributed by atoms with Gasteiger partial charge in [-0.05, 0) is 40.2 Å². The number of hydrogen-bond acceptors (Lipinski definition) is 3. The summed E-state index contributed by atoms with van der Waals surface area (Å²) < 4.78 is 0.815. The molecule has 0 saturated carbocycles. The topological polar surface area (TPSA) is 54.5 Å². The average Bonchev–Trinajstić information content (AvgIpc) is 2.90. The molecular weight excluding hydrogens is 292 g/mol. The van der Waals surface area contributed by atoms with E-state index in [0.29, 0.717) is 0 Å². The molecule has 5 heteroatoms. The quantitative estimate of drug-likeness (QED) is 0.739. The van der Waals surface area contributed by atoms with Gasteiger partial charge in [0, 0.05) is 18.0 Å². The summed E-state index contributed by atoms with van der Waals surface area (Å²) >= 11 is 3.31. The maximum absolute atomic E-state index is 4.33. The molecule has 0 amide bonds. The number of halogens is 1. The molecule has 0 saturated heterocycles. The second kappa shape index (κ2) is 4.70. The van der Waals surface area contributed by atoms with Crippen LogP contribution in [0.15, 0.2) is 53.5 Å². The summed E-state index contributed by atoms with van der Waals surface area (Å²) in [7, 11) is 0. The lowest BCUT2D eigenvalue weighted by Crippen LogP contribution is -1.84. The fourth-order valence-electron chi connectivity index (χ4n) is 1.64. The highest BCUT2D eigenvalue weighted by Crippen LogP contribution is 2.21. The van der Waals surface area contributed by atoms with E-state index in [2.05, 4.69) is 35.9 Å². The number of imidazole rings is 1. The van der Waals surface area contributed by atoms with E-state index >= 15 is 0 Å². The molecule has 3 rings (SSSR count). The first-order valence-corrected chi connectivity index (χ1v) is 6.20. The van der Waals surface area contributed by atoms with Gasteiger partial charge in [-0.25, -0.2) is 9.97 Å². The Morgan fingerprint density at radius 3 is 2.61 bits per heavy atom. The molecular formula is C13H9BrN4. The second-order valence-electron chi connectivity index (χ2n) is 3.73. The van der Waals surface area contributed by atoms with Crippen LogP contribution in [0.4, 0.5) is 0 Å². The SMILES string of the molecule is Brc1ccc(-c2cnc(-c3ccccn3)[nH]2)cn1. The smallest absolute Gasteiger partial charge is 0.156 e. The number of aromatic amines is 1. The Balaban J connectivity index is 1.97. The molecule has 0 atom stereocenters. The lowest BCUT2D eigenvalue weighted by Gasteiger charge is -1.97. The lowest BCUT2D eigenvalue weighted by atomic mass is 10.2. The van der Waals surface area contributed by atoms with Crippen molar-refractivity contribution >= 4 is 15.9 Å². The Morgan fingerprint density at radius 1 is 0.944 bits per heavy atom. The van der Waals surface area contributed by atoms with Crippen molar-refractivity contribution in [1.82, 2.24) is 19.9 Å². The number of hydrogen-bond donors (Lipinski definition) is 1. The Labute approximate surface area is 112 Å². The second-order valence-corrected chi connectivity index (χ2v) is 4.54. The van der Waals surface area contributed by atoms with Gasteiger partial charge >= 0.3 is 0 Å². The zero-order chi connectivity index (χ0) is 12.4. The third-order valence-electron chi connectivity index (χ3n) is 2.52. The minimum Gasteiger partial charge on any atom is -0.337 e. The number of aromatic nitrogens is 4. The van der Waals surface area contributed by atoms with Crippen molar-refractivity contribution in [3.63, 3.8) is 0 Å². The number of H-pyrrole nitrogens is 1. The van der Waals surface area contributed by atoms with Crippen LogP contribution < -0.4 is 0 Å². The monoisotopic (exact) mass is 300 g/mol. The molecule has 3 aromatic rings. The van der Waals surface area contributed by atoms with E-state index in [0.717, 1.165) is 27.4 Å². The summed E-state index contributed by atoms with van der Waals surface area (Å²) in [4.78, 5) is 16.0. The number of rotatable bonds is 2. The lowest BCUT2D eigenvalue weighted by molar-refractivity contribution is 1.22. The van der Waals surface area contributed by atoms with Crippen molar-refractivity contribution in [3.8, 4) is 22.8 Å². The van der Waals surface area contributed by atoms with E-state index in [1.807, 2.05) is 30.3 Å². The average molecular weight is 301 g/mol. The molecule has 0 unspecified atom stereocenters. The molecule has 1 N–H and O–H groups in total. The summed E-state index contributed by atoms with van der Waals surface area (Å²) in [6.45, 7) is 0. The highest BCUT2D eigenvalue weighted by molar-refractivity contribution is 9.10. The fraction of sp³-hybridized carbons (Fsp3) is 0. The molecule has 3 heterocycles. The molecule has 0 aromatic carbocycles. The maximum Gasteiger partial charge on any atom is 0.156 e.